The lowest BCUT2D eigenvalue weighted by molar-refractivity contribution is -0.141. The van der Waals surface area contributed by atoms with E-state index >= 15 is 0 Å². The number of carbonyl (C=O) groups excluding carboxylic acids is 3. The van der Waals surface area contributed by atoms with Gasteiger partial charge in [0.25, 0.3) is 0 Å². The number of carboxylic acid groups (broad SMARTS) is 1. The lowest BCUT2D eigenvalue weighted by Gasteiger charge is -2.39. The number of benzene rings is 3. The lowest BCUT2D eigenvalue weighted by Crippen LogP contribution is -2.54. The number of aliphatic carboxylic acids is 1. The van der Waals surface area contributed by atoms with Gasteiger partial charge in [-0.1, -0.05) is 84.0 Å². The molecule has 0 radical (unpaired) electrons. The third-order valence-corrected chi connectivity index (χ3v) is 8.10. The van der Waals surface area contributed by atoms with Crippen LogP contribution in [0.25, 0.3) is 0 Å². The van der Waals surface area contributed by atoms with Gasteiger partial charge in [0.1, 0.15) is 5.71 Å². The fraction of sp³-hybridized carbons (Fsp3) is 0.361. The van der Waals surface area contributed by atoms with E-state index in [9.17, 15) is 19.2 Å². The molecule has 1 aliphatic rings. The molecule has 1 unspecified atom stereocenters. The first-order valence-corrected chi connectivity index (χ1v) is 15.2. The Labute approximate surface area is 263 Å². The van der Waals surface area contributed by atoms with Crippen LogP contribution in [0.5, 0.6) is 0 Å². The molecular weight excluding hydrogens is 572 g/mol. The highest BCUT2D eigenvalue weighted by atomic mass is 16.7. The third-order valence-electron chi connectivity index (χ3n) is 8.10. The molecule has 4 rings (SSSR count). The molecule has 1 N–H and O–H groups in total. The van der Waals surface area contributed by atoms with Gasteiger partial charge in [-0.25, -0.2) is 4.79 Å². The van der Waals surface area contributed by atoms with Crippen molar-refractivity contribution >= 4 is 29.2 Å². The zero-order valence-corrected chi connectivity index (χ0v) is 26.0. The Morgan fingerprint density at radius 3 is 1.91 bits per heavy atom. The standard InChI is InChI=1S/C36H40N2O7/c1-25(39)45-37-31(11-7-8-12-32(40)41)34(42)29-17-13-27(14-18-29)33(26-9-5-4-6-10-26)28-15-19-30(20-16-28)35(43)36(2,3)38-21-23-44-24-22-38/h4-6,9-10,13-20,33H,7-8,11-12,21-24H2,1-3H3,(H,40,41)/b37-31+. The Bertz CT molecular complexity index is 1510. The van der Waals surface area contributed by atoms with E-state index in [-0.39, 0.29) is 36.0 Å². The first-order chi connectivity index (χ1) is 21.6. The normalized spacial score (nSPS) is 14.9. The van der Waals surface area contributed by atoms with Gasteiger partial charge in [0.05, 0.1) is 18.8 Å². The molecule has 1 saturated heterocycles. The van der Waals surface area contributed by atoms with E-state index in [1.54, 1.807) is 12.1 Å². The minimum absolute atomic E-state index is 0.0224. The topological polar surface area (TPSA) is 123 Å². The van der Waals surface area contributed by atoms with Gasteiger partial charge >= 0.3 is 11.9 Å². The first kappa shape index (κ1) is 33.4. The molecule has 0 bridgehead atoms. The molecule has 3 aromatic carbocycles. The Morgan fingerprint density at radius 2 is 1.36 bits per heavy atom. The van der Waals surface area contributed by atoms with E-state index in [1.807, 2.05) is 80.6 Å². The highest BCUT2D eigenvalue weighted by Crippen LogP contribution is 2.33. The van der Waals surface area contributed by atoms with E-state index in [0.29, 0.717) is 50.3 Å². The van der Waals surface area contributed by atoms with Crippen LogP contribution in [-0.4, -0.2) is 71.1 Å². The van der Waals surface area contributed by atoms with Crippen LogP contribution in [0.4, 0.5) is 0 Å². The minimum atomic E-state index is -0.915. The van der Waals surface area contributed by atoms with E-state index in [2.05, 4.69) is 10.1 Å². The molecule has 1 atom stereocenters. The Kier molecular flexibility index (Phi) is 11.5. The lowest BCUT2D eigenvalue weighted by atomic mass is 9.83. The van der Waals surface area contributed by atoms with E-state index < -0.39 is 17.5 Å². The summed E-state index contributed by atoms with van der Waals surface area (Å²) in [6.07, 6.45) is 0.940. The van der Waals surface area contributed by atoms with Crippen LogP contribution in [0.2, 0.25) is 0 Å². The number of carboxylic acids is 1. The number of ether oxygens (including phenoxy) is 1. The predicted octanol–water partition coefficient (Wildman–Crippen LogP) is 5.91. The van der Waals surface area contributed by atoms with Crippen LogP contribution in [0, 0.1) is 0 Å². The molecule has 3 aromatic rings. The quantitative estimate of drug-likeness (QED) is 0.0596. The van der Waals surface area contributed by atoms with Gasteiger partial charge in [-0.2, -0.15) is 0 Å². The number of hydrogen-bond donors (Lipinski definition) is 1. The molecule has 9 heteroatoms. The minimum Gasteiger partial charge on any atom is -0.481 e. The maximum atomic E-state index is 13.6. The Balaban J connectivity index is 1.58. The molecular formula is C36H40N2O7. The van der Waals surface area contributed by atoms with Crippen LogP contribution >= 0.6 is 0 Å². The molecule has 0 saturated carbocycles. The summed E-state index contributed by atoms with van der Waals surface area (Å²) in [6.45, 7) is 7.78. The zero-order valence-electron chi connectivity index (χ0n) is 26.0. The number of ketones is 2. The second-order valence-corrected chi connectivity index (χ2v) is 11.6. The van der Waals surface area contributed by atoms with Crippen molar-refractivity contribution in [1.29, 1.82) is 0 Å². The highest BCUT2D eigenvalue weighted by Gasteiger charge is 2.36. The van der Waals surface area contributed by atoms with Crippen molar-refractivity contribution in [1.82, 2.24) is 4.90 Å². The smallest absolute Gasteiger partial charge is 0.331 e. The molecule has 0 aliphatic carbocycles. The summed E-state index contributed by atoms with van der Waals surface area (Å²) in [6, 6.07) is 25.0. The van der Waals surface area contributed by atoms with E-state index in [1.165, 1.54) is 6.92 Å². The number of unbranched alkanes of at least 4 members (excludes halogenated alkanes) is 1. The van der Waals surface area contributed by atoms with Crippen LogP contribution in [0.1, 0.15) is 89.8 Å². The van der Waals surface area contributed by atoms with Gasteiger partial charge in [-0.15, -0.1) is 0 Å². The van der Waals surface area contributed by atoms with Crippen LogP contribution < -0.4 is 0 Å². The SMILES string of the molecule is CC(=O)O/N=C(\CCCCC(=O)O)C(=O)c1ccc(C(c2ccccc2)c2ccc(C(=O)C(C)(C)N3CCOCC3)cc2)cc1. The van der Waals surface area contributed by atoms with E-state index in [4.69, 9.17) is 14.7 Å². The summed E-state index contributed by atoms with van der Waals surface area (Å²) in [4.78, 5) is 56.0. The Morgan fingerprint density at radius 1 is 0.822 bits per heavy atom. The maximum Gasteiger partial charge on any atom is 0.331 e. The first-order valence-electron chi connectivity index (χ1n) is 15.2. The molecule has 9 nitrogen and oxygen atoms in total. The summed E-state index contributed by atoms with van der Waals surface area (Å²) in [5, 5.41) is 12.7. The monoisotopic (exact) mass is 612 g/mol. The summed E-state index contributed by atoms with van der Waals surface area (Å²) >= 11 is 0. The number of nitrogens with zero attached hydrogens (tertiary/aromatic N) is 2. The molecule has 236 valence electrons. The molecule has 45 heavy (non-hydrogen) atoms. The Hall–Kier alpha value is -4.47. The van der Waals surface area contributed by atoms with E-state index in [0.717, 1.165) is 16.7 Å². The number of Topliss-reactive ketones (excluding diaryl/α,β-unsaturated/α-hetero) is 2. The van der Waals surface area contributed by atoms with Crippen molar-refractivity contribution in [2.45, 2.75) is 57.9 Å². The van der Waals surface area contributed by atoms with Crippen LogP contribution in [0.15, 0.2) is 84.0 Å². The number of carbonyl (C=O) groups is 4. The fourth-order valence-corrected chi connectivity index (χ4v) is 5.55. The second-order valence-electron chi connectivity index (χ2n) is 11.6. The molecule has 0 amide bonds. The van der Waals surface area contributed by atoms with Crippen molar-refractivity contribution < 1.29 is 33.9 Å². The largest absolute Gasteiger partial charge is 0.481 e. The molecule has 1 aliphatic heterocycles. The van der Waals surface area contributed by atoms with Crippen molar-refractivity contribution in [3.63, 3.8) is 0 Å². The number of rotatable bonds is 14. The number of oxime groups is 1. The van der Waals surface area contributed by atoms with Gasteiger partial charge in [0.2, 0.25) is 5.78 Å². The maximum absolute atomic E-state index is 13.6. The average Bonchev–Trinajstić information content (AvgIpc) is 3.05. The van der Waals surface area contributed by atoms with Crippen LogP contribution in [0.3, 0.4) is 0 Å². The summed E-state index contributed by atoms with van der Waals surface area (Å²) < 4.78 is 5.47. The number of morpholine rings is 1. The zero-order chi connectivity index (χ0) is 32.4. The average molecular weight is 613 g/mol. The van der Waals surface area contributed by atoms with Crippen molar-refractivity contribution in [3.05, 3.63) is 107 Å². The van der Waals surface area contributed by atoms with Crippen molar-refractivity contribution in [2.24, 2.45) is 5.16 Å². The van der Waals surface area contributed by atoms with Gasteiger partial charge in [0.15, 0.2) is 5.78 Å². The number of hydrogen-bond acceptors (Lipinski definition) is 8. The second kappa shape index (κ2) is 15.5. The molecule has 1 heterocycles. The highest BCUT2D eigenvalue weighted by molar-refractivity contribution is 6.45. The summed E-state index contributed by atoms with van der Waals surface area (Å²) in [5.74, 6) is -2.05. The van der Waals surface area contributed by atoms with Gasteiger partial charge in [0, 0.05) is 43.5 Å². The molecule has 0 spiro atoms. The fourth-order valence-electron chi connectivity index (χ4n) is 5.55. The van der Waals surface area contributed by atoms with Gasteiger partial charge in [-0.3, -0.25) is 19.3 Å². The third kappa shape index (κ3) is 8.80. The van der Waals surface area contributed by atoms with Crippen molar-refractivity contribution in [2.75, 3.05) is 26.3 Å². The molecule has 1 fully saturated rings. The van der Waals surface area contributed by atoms with Gasteiger partial charge in [-0.05, 0) is 49.8 Å². The van der Waals surface area contributed by atoms with Gasteiger partial charge < -0.3 is 14.7 Å². The summed E-state index contributed by atoms with van der Waals surface area (Å²) in [5.41, 5.74) is 3.43. The molecule has 0 aromatic heterocycles. The van der Waals surface area contributed by atoms with Crippen LogP contribution in [-0.2, 0) is 19.2 Å². The van der Waals surface area contributed by atoms with Crippen molar-refractivity contribution in [3.8, 4) is 0 Å². The summed E-state index contributed by atoms with van der Waals surface area (Å²) in [7, 11) is 0. The predicted molar refractivity (Wildman–Crippen MR) is 171 cm³/mol.